The van der Waals surface area contributed by atoms with Crippen LogP contribution in [0.1, 0.15) is 59.2 Å². The van der Waals surface area contributed by atoms with Gasteiger partial charge < -0.3 is 14.8 Å². The first-order valence-corrected chi connectivity index (χ1v) is 9.96. The SMILES string of the molecule is CCC(NC(=O)c1sc(CC(C)C)nc1C)c1ccc2c(c1)OCCO2. The van der Waals surface area contributed by atoms with Crippen LogP contribution in [-0.2, 0) is 6.42 Å². The van der Waals surface area contributed by atoms with Crippen LogP contribution in [0.3, 0.4) is 0 Å². The van der Waals surface area contributed by atoms with Gasteiger partial charge in [-0.25, -0.2) is 4.98 Å². The minimum atomic E-state index is -0.0756. The lowest BCUT2D eigenvalue weighted by molar-refractivity contribution is 0.0938. The van der Waals surface area contributed by atoms with Crippen molar-refractivity contribution in [3.8, 4) is 11.5 Å². The van der Waals surface area contributed by atoms with Crippen LogP contribution in [0, 0.1) is 12.8 Å². The van der Waals surface area contributed by atoms with Crippen molar-refractivity contribution in [2.45, 2.75) is 46.6 Å². The highest BCUT2D eigenvalue weighted by molar-refractivity contribution is 7.13. The van der Waals surface area contributed by atoms with Crippen molar-refractivity contribution in [3.63, 3.8) is 0 Å². The van der Waals surface area contributed by atoms with Gasteiger partial charge in [-0.2, -0.15) is 0 Å². The van der Waals surface area contributed by atoms with E-state index in [1.54, 1.807) is 0 Å². The summed E-state index contributed by atoms with van der Waals surface area (Å²) in [6.45, 7) is 9.41. The Balaban J connectivity index is 1.75. The molecule has 0 saturated heterocycles. The second-order valence-electron chi connectivity index (χ2n) is 6.96. The van der Waals surface area contributed by atoms with Crippen molar-refractivity contribution in [2.75, 3.05) is 13.2 Å². The molecule has 2 aromatic rings. The number of rotatable bonds is 6. The van der Waals surface area contributed by atoms with Gasteiger partial charge in [0.05, 0.1) is 16.7 Å². The van der Waals surface area contributed by atoms with E-state index in [1.807, 2.05) is 25.1 Å². The molecule has 1 aromatic heterocycles. The second-order valence-corrected chi connectivity index (χ2v) is 8.04. The zero-order valence-electron chi connectivity index (χ0n) is 15.8. The summed E-state index contributed by atoms with van der Waals surface area (Å²) in [7, 11) is 0. The van der Waals surface area contributed by atoms with Crippen LogP contribution >= 0.6 is 11.3 Å². The summed E-state index contributed by atoms with van der Waals surface area (Å²) >= 11 is 1.50. The van der Waals surface area contributed by atoms with Crippen LogP contribution in [0.2, 0.25) is 0 Å². The highest BCUT2D eigenvalue weighted by atomic mass is 32.1. The lowest BCUT2D eigenvalue weighted by atomic mass is 10.0. The molecule has 2 heterocycles. The minimum Gasteiger partial charge on any atom is -0.486 e. The predicted molar refractivity (Wildman–Crippen MR) is 103 cm³/mol. The molecule has 1 atom stereocenters. The third-order valence-corrected chi connectivity index (χ3v) is 5.49. The predicted octanol–water partition coefficient (Wildman–Crippen LogP) is 4.30. The molecule has 0 saturated carbocycles. The molecule has 1 aliphatic rings. The molecule has 1 unspecified atom stereocenters. The Morgan fingerprint density at radius 1 is 1.27 bits per heavy atom. The lowest BCUT2D eigenvalue weighted by Crippen LogP contribution is -2.28. The molecule has 0 spiro atoms. The Bertz CT molecular complexity index is 785. The molecule has 1 aliphatic heterocycles. The van der Waals surface area contributed by atoms with Crippen LogP contribution in [-0.4, -0.2) is 24.1 Å². The molecule has 26 heavy (non-hydrogen) atoms. The smallest absolute Gasteiger partial charge is 0.263 e. The summed E-state index contributed by atoms with van der Waals surface area (Å²) in [5, 5.41) is 4.17. The number of carbonyl (C=O) groups excluding carboxylic acids is 1. The molecular weight excluding hydrogens is 348 g/mol. The third kappa shape index (κ3) is 4.18. The van der Waals surface area contributed by atoms with Crippen molar-refractivity contribution in [3.05, 3.63) is 39.3 Å². The van der Waals surface area contributed by atoms with E-state index in [1.165, 1.54) is 11.3 Å². The van der Waals surface area contributed by atoms with Crippen molar-refractivity contribution < 1.29 is 14.3 Å². The molecule has 3 rings (SSSR count). The van der Waals surface area contributed by atoms with Crippen LogP contribution < -0.4 is 14.8 Å². The Morgan fingerprint density at radius 3 is 2.69 bits per heavy atom. The van der Waals surface area contributed by atoms with Gasteiger partial charge in [0, 0.05) is 6.42 Å². The summed E-state index contributed by atoms with van der Waals surface area (Å²) in [4.78, 5) is 18.1. The zero-order valence-corrected chi connectivity index (χ0v) is 16.6. The van der Waals surface area contributed by atoms with Crippen molar-refractivity contribution in [1.29, 1.82) is 0 Å². The maximum Gasteiger partial charge on any atom is 0.263 e. The minimum absolute atomic E-state index is 0.0586. The van der Waals surface area contributed by atoms with Gasteiger partial charge in [-0.15, -0.1) is 11.3 Å². The molecule has 1 amide bonds. The lowest BCUT2D eigenvalue weighted by Gasteiger charge is -2.22. The van der Waals surface area contributed by atoms with E-state index in [-0.39, 0.29) is 11.9 Å². The molecule has 6 heteroatoms. The first kappa shape index (κ1) is 18.7. The Kier molecular flexibility index (Phi) is 5.81. The van der Waals surface area contributed by atoms with Gasteiger partial charge in [0.2, 0.25) is 0 Å². The molecule has 0 bridgehead atoms. The summed E-state index contributed by atoms with van der Waals surface area (Å²) in [5.41, 5.74) is 1.83. The number of benzene rings is 1. The molecule has 0 fully saturated rings. The largest absolute Gasteiger partial charge is 0.486 e. The van der Waals surface area contributed by atoms with E-state index >= 15 is 0 Å². The molecule has 1 aromatic carbocycles. The van der Waals surface area contributed by atoms with E-state index < -0.39 is 0 Å². The van der Waals surface area contributed by atoms with Crippen LogP contribution in [0.5, 0.6) is 11.5 Å². The third-order valence-electron chi connectivity index (χ3n) is 4.31. The Hall–Kier alpha value is -2.08. The average molecular weight is 375 g/mol. The van der Waals surface area contributed by atoms with Gasteiger partial charge in [-0.1, -0.05) is 26.8 Å². The number of hydrogen-bond acceptors (Lipinski definition) is 5. The van der Waals surface area contributed by atoms with Gasteiger partial charge in [0.25, 0.3) is 5.91 Å². The first-order valence-electron chi connectivity index (χ1n) is 9.14. The molecule has 1 N–H and O–H groups in total. The molecule has 0 radical (unpaired) electrons. The van der Waals surface area contributed by atoms with Crippen molar-refractivity contribution in [1.82, 2.24) is 10.3 Å². The highest BCUT2D eigenvalue weighted by Gasteiger charge is 2.21. The number of aryl methyl sites for hydroxylation is 1. The zero-order chi connectivity index (χ0) is 18.7. The summed E-state index contributed by atoms with van der Waals surface area (Å²) in [6, 6.07) is 5.80. The summed E-state index contributed by atoms with van der Waals surface area (Å²) in [5.74, 6) is 1.97. The van der Waals surface area contributed by atoms with Crippen LogP contribution in [0.4, 0.5) is 0 Å². The maximum absolute atomic E-state index is 12.8. The first-order chi connectivity index (χ1) is 12.5. The fourth-order valence-corrected chi connectivity index (χ4v) is 4.20. The van der Waals surface area contributed by atoms with Gasteiger partial charge in [0.15, 0.2) is 11.5 Å². The number of carbonyl (C=O) groups is 1. The van der Waals surface area contributed by atoms with Gasteiger partial charge in [-0.3, -0.25) is 4.79 Å². The number of ether oxygens (including phenoxy) is 2. The average Bonchev–Trinajstić information content (AvgIpc) is 2.98. The Labute approximate surface area is 158 Å². The normalized spacial score (nSPS) is 14.3. The van der Waals surface area contributed by atoms with Crippen molar-refractivity contribution >= 4 is 17.2 Å². The second kappa shape index (κ2) is 8.08. The van der Waals surface area contributed by atoms with Crippen molar-refractivity contribution in [2.24, 2.45) is 5.92 Å². The van der Waals surface area contributed by atoms with E-state index in [2.05, 4.69) is 31.1 Å². The van der Waals surface area contributed by atoms with Crippen LogP contribution in [0.25, 0.3) is 0 Å². The summed E-state index contributed by atoms with van der Waals surface area (Å²) < 4.78 is 11.2. The number of nitrogens with one attached hydrogen (secondary N) is 1. The van der Waals surface area contributed by atoms with Gasteiger partial charge in [0.1, 0.15) is 18.1 Å². The number of aromatic nitrogens is 1. The van der Waals surface area contributed by atoms with Gasteiger partial charge in [-0.05, 0) is 37.0 Å². The molecule has 5 nitrogen and oxygen atoms in total. The monoisotopic (exact) mass is 374 g/mol. The number of hydrogen-bond donors (Lipinski definition) is 1. The van der Waals surface area contributed by atoms with Gasteiger partial charge >= 0.3 is 0 Å². The number of thiazole rings is 1. The Morgan fingerprint density at radius 2 is 2.00 bits per heavy atom. The number of amides is 1. The molecule has 140 valence electrons. The van der Waals surface area contributed by atoms with E-state index in [4.69, 9.17) is 9.47 Å². The van der Waals surface area contributed by atoms with E-state index in [9.17, 15) is 4.79 Å². The topological polar surface area (TPSA) is 60.5 Å². The van der Waals surface area contributed by atoms with E-state index in [0.29, 0.717) is 24.0 Å². The summed E-state index contributed by atoms with van der Waals surface area (Å²) in [6.07, 6.45) is 1.69. The molecule has 0 aliphatic carbocycles. The number of nitrogens with zero attached hydrogens (tertiary/aromatic N) is 1. The number of fused-ring (bicyclic) bond motifs is 1. The maximum atomic E-state index is 12.8. The fraction of sp³-hybridized carbons (Fsp3) is 0.500. The molecular formula is C20H26N2O3S. The quantitative estimate of drug-likeness (QED) is 0.819. The highest BCUT2D eigenvalue weighted by Crippen LogP contribution is 2.33. The van der Waals surface area contributed by atoms with E-state index in [0.717, 1.165) is 40.6 Å². The fourth-order valence-electron chi connectivity index (χ4n) is 3.02. The standard InChI is InChI=1S/C20H26N2O3S/c1-5-15(14-6-7-16-17(11-14)25-9-8-24-16)22-20(23)19-13(4)21-18(26-19)10-12(2)3/h6-7,11-12,15H,5,8-10H2,1-4H3,(H,22,23). The van der Waals surface area contributed by atoms with Crippen LogP contribution in [0.15, 0.2) is 18.2 Å².